The number of halogens is 2. The van der Waals surface area contributed by atoms with Crippen LogP contribution in [0.2, 0.25) is 10.0 Å². The summed E-state index contributed by atoms with van der Waals surface area (Å²) in [7, 11) is -4.29. The van der Waals surface area contributed by atoms with Crippen molar-refractivity contribution in [2.45, 2.75) is 50.7 Å². The zero-order valence-corrected chi connectivity index (χ0v) is 27.1. The molecule has 44 heavy (non-hydrogen) atoms. The Balaban J connectivity index is 1.82. The summed E-state index contributed by atoms with van der Waals surface area (Å²) in [4.78, 5) is 29.6. The van der Waals surface area contributed by atoms with Crippen LogP contribution in [0.5, 0.6) is 0 Å². The second kappa shape index (κ2) is 14.8. The second-order valence-electron chi connectivity index (χ2n) is 10.8. The van der Waals surface area contributed by atoms with Crippen molar-refractivity contribution < 1.29 is 18.0 Å². The van der Waals surface area contributed by atoms with Crippen molar-refractivity contribution in [2.75, 3.05) is 10.8 Å². The van der Waals surface area contributed by atoms with E-state index in [4.69, 9.17) is 23.2 Å². The number of sulfonamides is 1. The molecule has 1 N–H and O–H groups in total. The number of amides is 2. The number of nitrogens with zero attached hydrogens (tertiary/aromatic N) is 2. The number of anilines is 1. The number of aryl methyl sites for hydroxylation is 1. The topological polar surface area (TPSA) is 86.8 Å². The fourth-order valence-electron chi connectivity index (χ4n) is 4.75. The summed E-state index contributed by atoms with van der Waals surface area (Å²) < 4.78 is 29.2. The van der Waals surface area contributed by atoms with Crippen molar-refractivity contribution in [3.05, 3.63) is 130 Å². The van der Waals surface area contributed by atoms with Gasteiger partial charge < -0.3 is 10.2 Å². The van der Waals surface area contributed by atoms with Crippen LogP contribution in [0.1, 0.15) is 30.5 Å². The molecule has 10 heteroatoms. The molecule has 0 aromatic heterocycles. The summed E-state index contributed by atoms with van der Waals surface area (Å²) in [6.07, 6.45) is 0.223. The molecule has 0 heterocycles. The van der Waals surface area contributed by atoms with Gasteiger partial charge in [-0.15, -0.1) is 0 Å². The smallest absolute Gasteiger partial charge is 0.264 e. The van der Waals surface area contributed by atoms with Gasteiger partial charge in [0.25, 0.3) is 10.0 Å². The van der Waals surface area contributed by atoms with E-state index in [0.717, 1.165) is 21.0 Å². The molecule has 0 saturated heterocycles. The van der Waals surface area contributed by atoms with Gasteiger partial charge in [0, 0.05) is 19.0 Å². The first kappa shape index (κ1) is 33.1. The summed E-state index contributed by atoms with van der Waals surface area (Å²) in [5, 5.41) is 3.07. The summed E-state index contributed by atoms with van der Waals surface area (Å²) in [6.45, 7) is 4.99. The highest BCUT2D eigenvalue weighted by atomic mass is 35.5. The molecular formula is C34H35Cl2N3O4S. The van der Waals surface area contributed by atoms with Gasteiger partial charge in [0.15, 0.2) is 0 Å². The zero-order valence-electron chi connectivity index (χ0n) is 24.8. The molecule has 1 atom stereocenters. The number of rotatable bonds is 12. The Morgan fingerprint density at radius 3 is 1.98 bits per heavy atom. The molecule has 0 fully saturated rings. The van der Waals surface area contributed by atoms with Gasteiger partial charge in [0.05, 0.1) is 20.6 Å². The fourth-order valence-corrected chi connectivity index (χ4v) is 6.62. The normalized spacial score (nSPS) is 12.0. The van der Waals surface area contributed by atoms with Gasteiger partial charge in [-0.3, -0.25) is 13.9 Å². The third kappa shape index (κ3) is 8.20. The van der Waals surface area contributed by atoms with E-state index < -0.39 is 28.5 Å². The molecule has 4 aromatic carbocycles. The Labute approximate surface area is 269 Å². The SMILES string of the molecule is Cc1ccc(S(=O)(=O)N(CC(=O)N(Cc2ccccc2)[C@H](Cc2ccccc2)C(=O)NC(C)C)c2cccc(Cl)c2Cl)cc1. The number of benzene rings is 4. The van der Waals surface area contributed by atoms with Crippen LogP contribution >= 0.6 is 23.2 Å². The van der Waals surface area contributed by atoms with Crippen molar-refractivity contribution in [1.82, 2.24) is 10.2 Å². The molecule has 0 aliphatic rings. The van der Waals surface area contributed by atoms with Crippen LogP contribution in [0.15, 0.2) is 108 Å². The Kier molecular flexibility index (Phi) is 11.1. The highest BCUT2D eigenvalue weighted by Crippen LogP contribution is 2.35. The predicted molar refractivity (Wildman–Crippen MR) is 176 cm³/mol. The molecule has 0 spiro atoms. The first-order valence-corrected chi connectivity index (χ1v) is 16.4. The van der Waals surface area contributed by atoms with Gasteiger partial charge in [0.2, 0.25) is 11.8 Å². The van der Waals surface area contributed by atoms with Gasteiger partial charge in [0.1, 0.15) is 12.6 Å². The van der Waals surface area contributed by atoms with Crippen LogP contribution in [-0.4, -0.2) is 43.8 Å². The van der Waals surface area contributed by atoms with E-state index in [1.165, 1.54) is 23.1 Å². The molecule has 0 bridgehead atoms. The molecular weight excluding hydrogens is 617 g/mol. The maximum atomic E-state index is 14.4. The maximum absolute atomic E-state index is 14.4. The number of carbonyl (C=O) groups is 2. The van der Waals surface area contributed by atoms with E-state index in [1.807, 2.05) is 81.4 Å². The van der Waals surface area contributed by atoms with Gasteiger partial charge in [-0.25, -0.2) is 8.42 Å². The maximum Gasteiger partial charge on any atom is 0.264 e. The largest absolute Gasteiger partial charge is 0.352 e. The lowest BCUT2D eigenvalue weighted by Crippen LogP contribution is -2.54. The van der Waals surface area contributed by atoms with Crippen molar-refractivity contribution in [3.63, 3.8) is 0 Å². The lowest BCUT2D eigenvalue weighted by Gasteiger charge is -2.34. The Hall–Kier alpha value is -3.85. The van der Waals surface area contributed by atoms with Crippen molar-refractivity contribution >= 4 is 50.7 Å². The van der Waals surface area contributed by atoms with Crippen molar-refractivity contribution in [2.24, 2.45) is 0 Å². The average Bonchev–Trinajstić information content (AvgIpc) is 3.00. The third-order valence-corrected chi connectivity index (χ3v) is 9.57. The molecule has 0 radical (unpaired) electrons. The van der Waals surface area contributed by atoms with Crippen LogP contribution in [0.4, 0.5) is 5.69 Å². The summed E-state index contributed by atoms with van der Waals surface area (Å²) >= 11 is 12.9. The van der Waals surface area contributed by atoms with Crippen LogP contribution in [-0.2, 0) is 32.6 Å². The Morgan fingerprint density at radius 2 is 1.39 bits per heavy atom. The minimum absolute atomic E-state index is 0.00866. The monoisotopic (exact) mass is 651 g/mol. The van der Waals surface area contributed by atoms with Crippen LogP contribution < -0.4 is 9.62 Å². The van der Waals surface area contributed by atoms with Gasteiger partial charge in [-0.1, -0.05) is 108 Å². The third-order valence-electron chi connectivity index (χ3n) is 6.99. The first-order chi connectivity index (χ1) is 21.0. The van der Waals surface area contributed by atoms with E-state index in [0.29, 0.717) is 0 Å². The number of carbonyl (C=O) groups excluding carboxylic acids is 2. The lowest BCUT2D eigenvalue weighted by molar-refractivity contribution is -0.140. The summed E-state index contributed by atoms with van der Waals surface area (Å²) in [5.74, 6) is -0.928. The quantitative estimate of drug-likeness (QED) is 0.186. The highest BCUT2D eigenvalue weighted by Gasteiger charge is 2.35. The average molecular weight is 653 g/mol. The molecule has 0 aliphatic carbocycles. The molecule has 4 rings (SSSR count). The minimum Gasteiger partial charge on any atom is -0.352 e. The Morgan fingerprint density at radius 1 is 0.795 bits per heavy atom. The molecule has 230 valence electrons. The molecule has 2 amide bonds. The molecule has 0 unspecified atom stereocenters. The van der Waals surface area contributed by atoms with Crippen LogP contribution in [0, 0.1) is 6.92 Å². The van der Waals surface area contributed by atoms with E-state index in [2.05, 4.69) is 5.32 Å². The molecule has 4 aromatic rings. The molecule has 0 aliphatic heterocycles. The van der Waals surface area contributed by atoms with E-state index in [-0.39, 0.29) is 45.5 Å². The fraction of sp³-hybridized carbons (Fsp3) is 0.235. The first-order valence-electron chi connectivity index (χ1n) is 14.2. The van der Waals surface area contributed by atoms with E-state index >= 15 is 0 Å². The van der Waals surface area contributed by atoms with Gasteiger partial charge in [-0.05, 0) is 56.2 Å². The summed E-state index contributed by atoms with van der Waals surface area (Å²) in [6, 6.07) is 28.5. The Bertz CT molecular complexity index is 1680. The van der Waals surface area contributed by atoms with Gasteiger partial charge >= 0.3 is 0 Å². The predicted octanol–water partition coefficient (Wildman–Crippen LogP) is 6.66. The number of hydrogen-bond acceptors (Lipinski definition) is 4. The highest BCUT2D eigenvalue weighted by molar-refractivity contribution is 7.92. The van der Waals surface area contributed by atoms with Crippen molar-refractivity contribution in [1.29, 1.82) is 0 Å². The molecule has 7 nitrogen and oxygen atoms in total. The summed E-state index contributed by atoms with van der Waals surface area (Å²) in [5.41, 5.74) is 2.56. The van der Waals surface area contributed by atoms with Crippen LogP contribution in [0.25, 0.3) is 0 Å². The second-order valence-corrected chi connectivity index (χ2v) is 13.4. The molecule has 0 saturated carbocycles. The lowest BCUT2D eigenvalue weighted by atomic mass is 10.0. The minimum atomic E-state index is -4.29. The van der Waals surface area contributed by atoms with Crippen molar-refractivity contribution in [3.8, 4) is 0 Å². The number of hydrogen-bond donors (Lipinski definition) is 1. The van der Waals surface area contributed by atoms with Gasteiger partial charge in [-0.2, -0.15) is 0 Å². The van der Waals surface area contributed by atoms with E-state index in [1.54, 1.807) is 24.3 Å². The number of nitrogens with one attached hydrogen (secondary N) is 1. The van der Waals surface area contributed by atoms with E-state index in [9.17, 15) is 18.0 Å². The standard InChI is InChI=1S/C34H35Cl2N3O4S/c1-24(2)37-34(41)31(21-26-11-6-4-7-12-26)38(22-27-13-8-5-9-14-27)32(40)23-39(30-16-10-15-29(35)33(30)36)44(42,43)28-19-17-25(3)18-20-28/h4-20,24,31H,21-23H2,1-3H3,(H,37,41)/t31-/m1/s1. The van der Waals surface area contributed by atoms with Crippen LogP contribution in [0.3, 0.4) is 0 Å². The zero-order chi connectivity index (χ0) is 31.9.